The molecule has 3 rings (SSSR count). The monoisotopic (exact) mass is 222 g/mol. The van der Waals surface area contributed by atoms with E-state index in [1.807, 2.05) is 22.9 Å². The summed E-state index contributed by atoms with van der Waals surface area (Å²) >= 11 is 0. The van der Waals surface area contributed by atoms with Crippen LogP contribution in [-0.4, -0.2) is 9.78 Å². The Kier molecular flexibility index (Phi) is 2.41. The molecule has 0 bridgehead atoms. The van der Waals surface area contributed by atoms with Crippen LogP contribution in [0.15, 0.2) is 54.7 Å². The van der Waals surface area contributed by atoms with Gasteiger partial charge in [0.05, 0.1) is 11.2 Å². The smallest absolute Gasteiger partial charge is 0.0927 e. The van der Waals surface area contributed by atoms with Crippen LogP contribution in [0.3, 0.4) is 0 Å². The highest BCUT2D eigenvalue weighted by Crippen LogP contribution is 2.16. The molecule has 0 aliphatic heterocycles. The van der Waals surface area contributed by atoms with Crippen LogP contribution in [0.4, 0.5) is 0 Å². The maximum Gasteiger partial charge on any atom is 0.0927 e. The van der Waals surface area contributed by atoms with Gasteiger partial charge in [0, 0.05) is 11.6 Å². The second-order valence-electron chi connectivity index (χ2n) is 4.16. The largest absolute Gasteiger partial charge is 0.240 e. The van der Waals surface area contributed by atoms with E-state index in [4.69, 9.17) is 0 Å². The normalized spacial score (nSPS) is 10.9. The minimum Gasteiger partial charge on any atom is -0.240 e. The Labute approximate surface area is 101 Å². The zero-order chi connectivity index (χ0) is 11.7. The number of aromatic nitrogens is 2. The van der Waals surface area contributed by atoms with Gasteiger partial charge in [0.15, 0.2) is 0 Å². The lowest BCUT2D eigenvalue weighted by Crippen LogP contribution is -1.94. The SMILES string of the molecule is CCc1cccc(-n2cc3ccccc3n2)c1. The van der Waals surface area contributed by atoms with Crippen molar-refractivity contribution in [3.63, 3.8) is 0 Å². The first-order valence-corrected chi connectivity index (χ1v) is 5.90. The molecule has 2 heteroatoms. The average molecular weight is 222 g/mol. The van der Waals surface area contributed by atoms with Crippen LogP contribution < -0.4 is 0 Å². The Morgan fingerprint density at radius 1 is 1.06 bits per heavy atom. The van der Waals surface area contributed by atoms with Crippen molar-refractivity contribution in [3.8, 4) is 5.69 Å². The van der Waals surface area contributed by atoms with Crippen LogP contribution in [0, 0.1) is 0 Å². The van der Waals surface area contributed by atoms with Gasteiger partial charge in [0.2, 0.25) is 0 Å². The molecular weight excluding hydrogens is 208 g/mol. The van der Waals surface area contributed by atoms with E-state index in [0.29, 0.717) is 0 Å². The summed E-state index contributed by atoms with van der Waals surface area (Å²) in [4.78, 5) is 0. The molecule has 84 valence electrons. The van der Waals surface area contributed by atoms with Crippen molar-refractivity contribution in [1.29, 1.82) is 0 Å². The second kappa shape index (κ2) is 4.06. The van der Waals surface area contributed by atoms with Crippen LogP contribution in [0.1, 0.15) is 12.5 Å². The van der Waals surface area contributed by atoms with Gasteiger partial charge in [-0.2, -0.15) is 5.10 Å². The Hall–Kier alpha value is -2.09. The zero-order valence-electron chi connectivity index (χ0n) is 9.80. The average Bonchev–Trinajstić information content (AvgIpc) is 2.82. The molecule has 0 N–H and O–H groups in total. The number of fused-ring (bicyclic) bond motifs is 1. The molecule has 0 amide bonds. The van der Waals surface area contributed by atoms with Crippen molar-refractivity contribution in [2.45, 2.75) is 13.3 Å². The summed E-state index contributed by atoms with van der Waals surface area (Å²) in [6.45, 7) is 2.17. The third-order valence-corrected chi connectivity index (χ3v) is 3.00. The molecule has 0 fully saturated rings. The molecule has 2 nitrogen and oxygen atoms in total. The van der Waals surface area contributed by atoms with Gasteiger partial charge in [0.25, 0.3) is 0 Å². The quantitative estimate of drug-likeness (QED) is 0.648. The molecule has 2 aromatic carbocycles. The maximum atomic E-state index is 4.58. The van der Waals surface area contributed by atoms with Gasteiger partial charge in [-0.25, -0.2) is 4.68 Å². The van der Waals surface area contributed by atoms with Gasteiger partial charge in [-0.05, 0) is 30.2 Å². The van der Waals surface area contributed by atoms with Crippen molar-refractivity contribution in [2.24, 2.45) is 0 Å². The third-order valence-electron chi connectivity index (χ3n) is 3.00. The molecule has 0 saturated heterocycles. The van der Waals surface area contributed by atoms with E-state index in [-0.39, 0.29) is 0 Å². The summed E-state index contributed by atoms with van der Waals surface area (Å²) in [6, 6.07) is 16.7. The standard InChI is InChI=1S/C15H14N2/c1-2-12-6-5-8-14(10-12)17-11-13-7-3-4-9-15(13)16-17/h3-11H,2H2,1H3. The van der Waals surface area contributed by atoms with Gasteiger partial charge in [0.1, 0.15) is 0 Å². The molecule has 17 heavy (non-hydrogen) atoms. The fraction of sp³-hybridized carbons (Fsp3) is 0.133. The van der Waals surface area contributed by atoms with Gasteiger partial charge in [-0.15, -0.1) is 0 Å². The highest BCUT2D eigenvalue weighted by Gasteiger charge is 2.01. The topological polar surface area (TPSA) is 17.8 Å². The lowest BCUT2D eigenvalue weighted by Gasteiger charge is -2.02. The van der Waals surface area contributed by atoms with Crippen LogP contribution in [0.2, 0.25) is 0 Å². The van der Waals surface area contributed by atoms with Crippen molar-refractivity contribution >= 4 is 10.9 Å². The summed E-state index contributed by atoms with van der Waals surface area (Å²) in [5.41, 5.74) is 3.50. The first kappa shape index (κ1) is 10.1. The van der Waals surface area contributed by atoms with Gasteiger partial charge >= 0.3 is 0 Å². The van der Waals surface area contributed by atoms with E-state index in [1.165, 1.54) is 10.9 Å². The van der Waals surface area contributed by atoms with Crippen LogP contribution in [0.5, 0.6) is 0 Å². The predicted octanol–water partition coefficient (Wildman–Crippen LogP) is 3.59. The highest BCUT2D eigenvalue weighted by atomic mass is 15.3. The number of rotatable bonds is 2. The summed E-state index contributed by atoms with van der Waals surface area (Å²) in [6.07, 6.45) is 3.12. The molecule has 0 atom stereocenters. The maximum absolute atomic E-state index is 4.58. The van der Waals surface area contributed by atoms with E-state index >= 15 is 0 Å². The molecule has 0 aliphatic carbocycles. The summed E-state index contributed by atoms with van der Waals surface area (Å²) in [5.74, 6) is 0. The van der Waals surface area contributed by atoms with Gasteiger partial charge in [-0.1, -0.05) is 37.3 Å². The van der Waals surface area contributed by atoms with Crippen molar-refractivity contribution in [1.82, 2.24) is 9.78 Å². The number of nitrogens with zero attached hydrogens (tertiary/aromatic N) is 2. The Morgan fingerprint density at radius 3 is 2.76 bits per heavy atom. The zero-order valence-corrected chi connectivity index (χ0v) is 9.80. The van der Waals surface area contributed by atoms with E-state index in [0.717, 1.165) is 17.6 Å². The van der Waals surface area contributed by atoms with Crippen LogP contribution in [0.25, 0.3) is 16.6 Å². The minimum absolute atomic E-state index is 1.04. The Morgan fingerprint density at radius 2 is 1.94 bits per heavy atom. The summed E-state index contributed by atoms with van der Waals surface area (Å²) in [7, 11) is 0. The number of aryl methyl sites for hydroxylation is 1. The fourth-order valence-corrected chi connectivity index (χ4v) is 2.02. The molecule has 1 aromatic heterocycles. The molecule has 0 aliphatic rings. The van der Waals surface area contributed by atoms with Gasteiger partial charge < -0.3 is 0 Å². The van der Waals surface area contributed by atoms with Crippen LogP contribution >= 0.6 is 0 Å². The van der Waals surface area contributed by atoms with Crippen molar-refractivity contribution in [3.05, 3.63) is 60.3 Å². The molecule has 3 aromatic rings. The van der Waals surface area contributed by atoms with E-state index in [9.17, 15) is 0 Å². The minimum atomic E-state index is 1.04. The van der Waals surface area contributed by atoms with E-state index in [2.05, 4.69) is 48.6 Å². The number of hydrogen-bond acceptors (Lipinski definition) is 1. The molecule has 0 radical (unpaired) electrons. The first-order chi connectivity index (χ1) is 8.36. The second-order valence-corrected chi connectivity index (χ2v) is 4.16. The third kappa shape index (κ3) is 1.82. The van der Waals surface area contributed by atoms with Crippen molar-refractivity contribution in [2.75, 3.05) is 0 Å². The fourth-order valence-electron chi connectivity index (χ4n) is 2.02. The molecule has 0 unspecified atom stereocenters. The molecule has 0 saturated carbocycles. The lowest BCUT2D eigenvalue weighted by molar-refractivity contribution is 0.892. The Bertz CT molecular complexity index is 620. The van der Waals surface area contributed by atoms with Crippen molar-refractivity contribution < 1.29 is 0 Å². The molecular formula is C15H14N2. The number of benzene rings is 2. The van der Waals surface area contributed by atoms with E-state index in [1.54, 1.807) is 0 Å². The van der Waals surface area contributed by atoms with Gasteiger partial charge in [-0.3, -0.25) is 0 Å². The molecule has 0 spiro atoms. The summed E-state index contributed by atoms with van der Waals surface area (Å²) in [5, 5.41) is 5.75. The Balaban J connectivity index is 2.13. The van der Waals surface area contributed by atoms with Crippen LogP contribution in [-0.2, 0) is 6.42 Å². The summed E-state index contributed by atoms with van der Waals surface area (Å²) < 4.78 is 1.95. The predicted molar refractivity (Wildman–Crippen MR) is 70.4 cm³/mol. The molecule has 1 heterocycles. The van der Waals surface area contributed by atoms with E-state index < -0.39 is 0 Å². The number of hydrogen-bond donors (Lipinski definition) is 0. The first-order valence-electron chi connectivity index (χ1n) is 5.90. The highest BCUT2D eigenvalue weighted by molar-refractivity contribution is 5.78. The lowest BCUT2D eigenvalue weighted by atomic mass is 10.1.